The first kappa shape index (κ1) is 65.8. The third kappa shape index (κ3) is 53.2. The quantitative estimate of drug-likeness (QED) is 0.0321. The van der Waals surface area contributed by atoms with Crippen molar-refractivity contribution in [3.05, 3.63) is 48.6 Å². The minimum absolute atomic E-state index is 0.0469. The van der Waals surface area contributed by atoms with E-state index in [1.807, 2.05) is 6.08 Å². The molecule has 0 fully saturated rings. The summed E-state index contributed by atoms with van der Waals surface area (Å²) in [6, 6.07) is -0.652. The summed E-state index contributed by atoms with van der Waals surface area (Å²) in [5.41, 5.74) is 0. The van der Waals surface area contributed by atoms with E-state index >= 15 is 0 Å². The number of aliphatic hydroxyl groups is 2. The Balaban J connectivity index is 3.54. The summed E-state index contributed by atoms with van der Waals surface area (Å²) in [6.07, 6.45) is 72.9. The van der Waals surface area contributed by atoms with Crippen molar-refractivity contribution in [1.29, 1.82) is 0 Å². The predicted molar refractivity (Wildman–Crippen MR) is 296 cm³/mol. The van der Waals surface area contributed by atoms with Gasteiger partial charge in [-0.25, -0.2) is 0 Å². The van der Waals surface area contributed by atoms with E-state index in [2.05, 4.69) is 55.6 Å². The predicted octanol–water partition coefficient (Wildman–Crippen LogP) is 18.6. The summed E-state index contributed by atoms with van der Waals surface area (Å²) in [5, 5.41) is 23.2. The Hall–Kier alpha value is -2.18. The van der Waals surface area contributed by atoms with Crippen molar-refractivity contribution in [1.82, 2.24) is 5.32 Å². The van der Waals surface area contributed by atoms with Gasteiger partial charge in [0.05, 0.1) is 25.4 Å². The summed E-state index contributed by atoms with van der Waals surface area (Å²) in [6.45, 7) is 4.80. The van der Waals surface area contributed by atoms with Gasteiger partial charge in [-0.2, -0.15) is 0 Å². The fourth-order valence-electron chi connectivity index (χ4n) is 8.95. The molecule has 6 nitrogen and oxygen atoms in total. The van der Waals surface area contributed by atoms with Crippen molar-refractivity contribution in [3.63, 3.8) is 0 Å². The Labute approximate surface area is 423 Å². The van der Waals surface area contributed by atoms with Crippen molar-refractivity contribution in [3.8, 4) is 0 Å². The number of allylic oxidation sites excluding steroid dienone is 7. The standard InChI is InChI=1S/C62H115NO5/c1-3-5-7-9-11-13-15-17-19-20-21-22-23-24-25-26-27-28-30-31-34-38-42-46-50-54-60(65)59(58-64)63-61(66)55-51-47-43-39-35-33-37-41-45-49-53-57-68-62(67)56-52-48-44-40-36-32-29-18-16-14-12-10-8-6-4-2/h12,14,18,29,37,41,50,54,59-60,64-65H,3-11,13,15-17,19-28,30-36,38-40,42-49,51-53,55-58H2,1-2H3,(H,63,66)/b14-12-,29-18-,41-37-,54-50+. The van der Waals surface area contributed by atoms with Crippen LogP contribution in [0.5, 0.6) is 0 Å². The largest absolute Gasteiger partial charge is 0.466 e. The summed E-state index contributed by atoms with van der Waals surface area (Å²) < 4.78 is 5.43. The maximum Gasteiger partial charge on any atom is 0.305 e. The SMILES string of the molecule is CCCCC/C=C\C/C=C\CCCCCCCC(=O)OCCCC/C=C\CCCCCCCC(=O)NC(CO)C(O)/C=C/CCCCCCCCCCCCCCCCCCCCCCCCC. The molecule has 0 saturated heterocycles. The Morgan fingerprint density at radius 1 is 0.412 bits per heavy atom. The molecular weight excluding hydrogens is 839 g/mol. The highest BCUT2D eigenvalue weighted by Gasteiger charge is 2.18. The van der Waals surface area contributed by atoms with Gasteiger partial charge >= 0.3 is 5.97 Å². The Morgan fingerprint density at radius 2 is 0.735 bits per heavy atom. The smallest absolute Gasteiger partial charge is 0.305 e. The normalized spacial score (nSPS) is 12.9. The van der Waals surface area contributed by atoms with E-state index in [9.17, 15) is 19.8 Å². The van der Waals surface area contributed by atoms with Gasteiger partial charge < -0.3 is 20.3 Å². The number of carbonyl (C=O) groups excluding carboxylic acids is 2. The lowest BCUT2D eigenvalue weighted by Gasteiger charge is -2.20. The van der Waals surface area contributed by atoms with E-state index in [0.29, 0.717) is 19.4 Å². The number of rotatable bonds is 55. The summed E-state index contributed by atoms with van der Waals surface area (Å²) in [5.74, 6) is -0.143. The summed E-state index contributed by atoms with van der Waals surface area (Å²) in [4.78, 5) is 24.5. The third-order valence-electron chi connectivity index (χ3n) is 13.6. The topological polar surface area (TPSA) is 95.9 Å². The van der Waals surface area contributed by atoms with E-state index < -0.39 is 12.1 Å². The van der Waals surface area contributed by atoms with Gasteiger partial charge in [0.25, 0.3) is 0 Å². The van der Waals surface area contributed by atoms with Crippen molar-refractivity contribution in [2.24, 2.45) is 0 Å². The molecule has 0 saturated carbocycles. The van der Waals surface area contributed by atoms with Gasteiger partial charge in [-0.3, -0.25) is 9.59 Å². The second-order valence-corrected chi connectivity index (χ2v) is 20.3. The molecular formula is C62H115NO5. The molecule has 0 aromatic heterocycles. The molecule has 68 heavy (non-hydrogen) atoms. The van der Waals surface area contributed by atoms with Crippen LogP contribution in [0.15, 0.2) is 48.6 Å². The van der Waals surface area contributed by atoms with Gasteiger partial charge in [0.2, 0.25) is 5.91 Å². The van der Waals surface area contributed by atoms with Crippen LogP contribution < -0.4 is 5.32 Å². The lowest BCUT2D eigenvalue weighted by Crippen LogP contribution is -2.45. The van der Waals surface area contributed by atoms with Crippen molar-refractivity contribution in [2.75, 3.05) is 13.2 Å². The van der Waals surface area contributed by atoms with E-state index in [4.69, 9.17) is 4.74 Å². The molecule has 0 aliphatic heterocycles. The zero-order valence-electron chi connectivity index (χ0n) is 45.3. The minimum Gasteiger partial charge on any atom is -0.466 e. The molecule has 0 aromatic carbocycles. The van der Waals surface area contributed by atoms with Crippen molar-refractivity contribution in [2.45, 2.75) is 321 Å². The summed E-state index contributed by atoms with van der Waals surface area (Å²) in [7, 11) is 0. The highest BCUT2D eigenvalue weighted by molar-refractivity contribution is 5.76. The van der Waals surface area contributed by atoms with Gasteiger partial charge in [-0.15, -0.1) is 0 Å². The Morgan fingerprint density at radius 3 is 1.16 bits per heavy atom. The zero-order chi connectivity index (χ0) is 49.3. The van der Waals surface area contributed by atoms with Crippen molar-refractivity contribution >= 4 is 11.9 Å². The van der Waals surface area contributed by atoms with Crippen LogP contribution in [0.1, 0.15) is 309 Å². The average molecular weight is 955 g/mol. The molecule has 0 rings (SSSR count). The van der Waals surface area contributed by atoms with Gasteiger partial charge in [-0.1, -0.05) is 255 Å². The van der Waals surface area contributed by atoms with E-state index in [1.165, 1.54) is 186 Å². The molecule has 2 atom stereocenters. The third-order valence-corrected chi connectivity index (χ3v) is 13.6. The highest BCUT2D eigenvalue weighted by atomic mass is 16.5. The van der Waals surface area contributed by atoms with Gasteiger partial charge in [0.1, 0.15) is 0 Å². The van der Waals surface area contributed by atoms with Gasteiger partial charge in [0, 0.05) is 12.8 Å². The van der Waals surface area contributed by atoms with Gasteiger partial charge in [0.15, 0.2) is 0 Å². The highest BCUT2D eigenvalue weighted by Crippen LogP contribution is 2.17. The molecule has 6 heteroatoms. The number of esters is 1. The second kappa shape index (κ2) is 57.4. The molecule has 0 radical (unpaired) electrons. The Bertz CT molecular complexity index is 1150. The van der Waals surface area contributed by atoms with E-state index in [0.717, 1.165) is 96.3 Å². The maximum atomic E-state index is 12.5. The van der Waals surface area contributed by atoms with Crippen LogP contribution >= 0.6 is 0 Å². The molecule has 2 unspecified atom stereocenters. The molecule has 0 aliphatic rings. The first-order valence-corrected chi connectivity index (χ1v) is 29.9. The molecule has 0 heterocycles. The molecule has 0 spiro atoms. The van der Waals surface area contributed by atoms with Crippen LogP contribution in [0, 0.1) is 0 Å². The average Bonchev–Trinajstić information content (AvgIpc) is 3.34. The molecule has 1 amide bonds. The number of amides is 1. The van der Waals surface area contributed by atoms with Gasteiger partial charge in [-0.05, 0) is 89.9 Å². The Kier molecular flexibility index (Phi) is 55.6. The fourth-order valence-corrected chi connectivity index (χ4v) is 8.95. The van der Waals surface area contributed by atoms with Crippen LogP contribution in [0.3, 0.4) is 0 Å². The molecule has 0 aliphatic carbocycles. The van der Waals surface area contributed by atoms with Crippen LogP contribution in [0.25, 0.3) is 0 Å². The number of hydrogen-bond donors (Lipinski definition) is 3. The van der Waals surface area contributed by atoms with E-state index in [1.54, 1.807) is 6.08 Å². The number of unbranched alkanes of at least 4 members (excludes halogenated alkanes) is 38. The lowest BCUT2D eigenvalue weighted by molar-refractivity contribution is -0.143. The minimum atomic E-state index is -0.866. The number of nitrogens with one attached hydrogen (secondary N) is 1. The molecule has 0 aromatic rings. The molecule has 398 valence electrons. The zero-order valence-corrected chi connectivity index (χ0v) is 45.3. The van der Waals surface area contributed by atoms with E-state index in [-0.39, 0.29) is 18.5 Å². The van der Waals surface area contributed by atoms with Crippen LogP contribution in [0.2, 0.25) is 0 Å². The summed E-state index contributed by atoms with van der Waals surface area (Å²) >= 11 is 0. The number of aliphatic hydroxyl groups excluding tert-OH is 2. The number of hydrogen-bond acceptors (Lipinski definition) is 5. The molecule has 3 N–H and O–H groups in total. The number of ether oxygens (including phenoxy) is 1. The fraction of sp³-hybridized carbons (Fsp3) is 0.839. The molecule has 0 bridgehead atoms. The second-order valence-electron chi connectivity index (χ2n) is 20.3. The lowest BCUT2D eigenvalue weighted by atomic mass is 10.0. The van der Waals surface area contributed by atoms with Crippen molar-refractivity contribution < 1.29 is 24.5 Å². The monoisotopic (exact) mass is 954 g/mol. The first-order valence-electron chi connectivity index (χ1n) is 29.9. The number of carbonyl (C=O) groups is 2. The van der Waals surface area contributed by atoms with Crippen LogP contribution in [-0.4, -0.2) is 47.4 Å². The van der Waals surface area contributed by atoms with Crippen LogP contribution in [-0.2, 0) is 14.3 Å². The first-order chi connectivity index (χ1) is 33.5. The van der Waals surface area contributed by atoms with Crippen LogP contribution in [0.4, 0.5) is 0 Å². The maximum absolute atomic E-state index is 12.5.